The van der Waals surface area contributed by atoms with Crippen LogP contribution in [0.1, 0.15) is 52.0 Å². The quantitative estimate of drug-likeness (QED) is 0.639. The highest BCUT2D eigenvalue weighted by molar-refractivity contribution is 6.07. The van der Waals surface area contributed by atoms with Gasteiger partial charge in [-0.05, 0) is 49.3 Å². The fraction of sp³-hybridized carbons (Fsp3) is 0.630. The van der Waals surface area contributed by atoms with Gasteiger partial charge in [0.15, 0.2) is 0 Å². The van der Waals surface area contributed by atoms with Gasteiger partial charge in [0.05, 0.1) is 12.5 Å². The fourth-order valence-corrected chi connectivity index (χ4v) is 6.65. The van der Waals surface area contributed by atoms with Gasteiger partial charge in [-0.2, -0.15) is 0 Å². The number of carbonyl (C=O) groups excluding carboxylic acids is 3. The number of hydrogen-bond donors (Lipinski definition) is 1. The summed E-state index contributed by atoms with van der Waals surface area (Å²) in [7, 11) is 1.74. The highest BCUT2D eigenvalue weighted by Gasteiger charge is 2.60. The Morgan fingerprint density at radius 1 is 1.29 bits per heavy atom. The lowest BCUT2D eigenvalue weighted by molar-refractivity contribution is -0.148. The van der Waals surface area contributed by atoms with Gasteiger partial charge in [-0.25, -0.2) is 6.57 Å². The molecule has 3 heterocycles. The van der Waals surface area contributed by atoms with Gasteiger partial charge in [0.1, 0.15) is 11.5 Å². The van der Waals surface area contributed by atoms with Crippen LogP contribution in [0, 0.1) is 18.4 Å². The molecule has 1 spiro atoms. The third-order valence-corrected chi connectivity index (χ3v) is 8.57. The van der Waals surface area contributed by atoms with E-state index in [1.165, 1.54) is 6.42 Å². The molecule has 6 atom stereocenters. The number of benzene rings is 1. The largest absolute Gasteiger partial charge is 0.332 e. The average molecular weight is 478 g/mol. The Bertz CT molecular complexity index is 1100. The van der Waals surface area contributed by atoms with Crippen molar-refractivity contribution < 1.29 is 14.4 Å². The SMILES string of the molecule is [C-]#[N+][C@@H]1C[C@@]2(CN1C(=O)[C@H](CC(C)C)N(C)C(=O)[C@@H]1C[C@H]3C[C@H]3N1CC)C(=O)Nc1ccccc12. The summed E-state index contributed by atoms with van der Waals surface area (Å²) >= 11 is 0. The Balaban J connectivity index is 1.41. The molecule has 1 aromatic rings. The third-order valence-electron chi connectivity index (χ3n) is 8.57. The van der Waals surface area contributed by atoms with Gasteiger partial charge in [-0.15, -0.1) is 0 Å². The van der Waals surface area contributed by atoms with E-state index in [0.29, 0.717) is 18.4 Å². The molecule has 186 valence electrons. The number of carbonyl (C=O) groups is 3. The summed E-state index contributed by atoms with van der Waals surface area (Å²) in [4.78, 5) is 50.0. The summed E-state index contributed by atoms with van der Waals surface area (Å²) in [5, 5.41) is 2.94. The maximum Gasteiger partial charge on any atom is 0.302 e. The number of likely N-dealkylation sites (tertiary alicyclic amines) is 2. The highest BCUT2D eigenvalue weighted by atomic mass is 16.2. The van der Waals surface area contributed by atoms with Crippen LogP contribution >= 0.6 is 0 Å². The van der Waals surface area contributed by atoms with Crippen LogP contribution in [-0.2, 0) is 19.8 Å². The molecule has 1 N–H and O–H groups in total. The van der Waals surface area contributed by atoms with Crippen molar-refractivity contribution in [2.75, 3.05) is 25.5 Å². The van der Waals surface area contributed by atoms with Gasteiger partial charge in [-0.1, -0.05) is 39.0 Å². The van der Waals surface area contributed by atoms with Gasteiger partial charge in [-0.3, -0.25) is 29.0 Å². The maximum absolute atomic E-state index is 14.0. The van der Waals surface area contributed by atoms with Crippen molar-refractivity contribution in [2.24, 2.45) is 11.8 Å². The molecule has 0 bridgehead atoms. The second kappa shape index (κ2) is 8.63. The number of hydrogen-bond acceptors (Lipinski definition) is 4. The highest BCUT2D eigenvalue weighted by Crippen LogP contribution is 2.49. The van der Waals surface area contributed by atoms with E-state index in [9.17, 15) is 14.4 Å². The molecule has 3 aliphatic heterocycles. The van der Waals surface area contributed by atoms with Crippen LogP contribution in [0.5, 0.6) is 0 Å². The molecule has 3 fully saturated rings. The molecule has 4 aliphatic rings. The standard InChI is InChI=1S/C27H35N5O3/c1-6-31-20-12-17(20)13-22(31)24(33)30(5)21(11-16(2)3)25(34)32-15-27(14-23(32)28-4)18-9-7-8-10-19(18)29-26(27)35/h7-10,16-17,20-23H,6,11-15H2,1-3,5H3,(H,29,35)/t17-,20-,21+,22+,23+,27+/m1/s1. The normalized spacial score (nSPS) is 31.8. The van der Waals surface area contributed by atoms with Crippen LogP contribution in [0.15, 0.2) is 24.3 Å². The van der Waals surface area contributed by atoms with E-state index in [1.54, 1.807) is 16.8 Å². The van der Waals surface area contributed by atoms with Crippen LogP contribution in [-0.4, -0.2) is 76.8 Å². The molecule has 35 heavy (non-hydrogen) atoms. The summed E-state index contributed by atoms with van der Waals surface area (Å²) in [6.07, 6.45) is 2.08. The van der Waals surface area contributed by atoms with Crippen molar-refractivity contribution in [1.29, 1.82) is 0 Å². The van der Waals surface area contributed by atoms with Crippen molar-refractivity contribution in [3.63, 3.8) is 0 Å². The third kappa shape index (κ3) is 3.72. The van der Waals surface area contributed by atoms with E-state index in [2.05, 4.69) is 22.0 Å². The first kappa shape index (κ1) is 23.8. The summed E-state index contributed by atoms with van der Waals surface area (Å²) in [5.74, 6) is 0.404. The Morgan fingerprint density at radius 2 is 2.03 bits per heavy atom. The minimum absolute atomic E-state index is 0.00437. The lowest BCUT2D eigenvalue weighted by atomic mass is 9.80. The van der Waals surface area contributed by atoms with E-state index in [1.807, 2.05) is 38.1 Å². The number of rotatable bonds is 6. The van der Waals surface area contributed by atoms with Crippen LogP contribution in [0.25, 0.3) is 4.85 Å². The Labute approximate surface area is 207 Å². The Kier molecular flexibility index (Phi) is 5.87. The zero-order valence-corrected chi connectivity index (χ0v) is 21.0. The molecule has 0 aromatic heterocycles. The topological polar surface area (TPSA) is 77.3 Å². The smallest absolute Gasteiger partial charge is 0.302 e. The van der Waals surface area contributed by atoms with E-state index in [-0.39, 0.29) is 42.6 Å². The second-order valence-electron chi connectivity index (χ2n) is 11.1. The number of amides is 3. The summed E-state index contributed by atoms with van der Waals surface area (Å²) < 4.78 is 0. The van der Waals surface area contributed by atoms with Crippen molar-refractivity contribution in [3.8, 4) is 0 Å². The van der Waals surface area contributed by atoms with Crippen LogP contribution in [0.3, 0.4) is 0 Å². The number of piperidine rings is 1. The molecular weight excluding hydrogens is 442 g/mol. The van der Waals surface area contributed by atoms with Gasteiger partial charge < -0.3 is 10.2 Å². The molecule has 2 saturated heterocycles. The summed E-state index contributed by atoms with van der Waals surface area (Å²) in [6.45, 7) is 15.0. The number of para-hydroxylation sites is 1. The zero-order valence-electron chi connectivity index (χ0n) is 21.0. The maximum atomic E-state index is 14.0. The molecule has 1 saturated carbocycles. The minimum atomic E-state index is -0.918. The lowest BCUT2D eigenvalue weighted by Gasteiger charge is -2.35. The molecule has 5 rings (SSSR count). The molecule has 3 amide bonds. The summed E-state index contributed by atoms with van der Waals surface area (Å²) in [5.41, 5.74) is 0.682. The van der Waals surface area contributed by atoms with E-state index in [4.69, 9.17) is 6.57 Å². The molecule has 0 unspecified atom stereocenters. The van der Waals surface area contributed by atoms with Gasteiger partial charge >= 0.3 is 6.17 Å². The molecule has 8 heteroatoms. The molecule has 0 radical (unpaired) electrons. The van der Waals surface area contributed by atoms with Gasteiger partial charge in [0.2, 0.25) is 11.8 Å². The number of likely N-dealkylation sites (N-methyl/N-ethyl adjacent to an activating group) is 2. The predicted octanol–water partition coefficient (Wildman–Crippen LogP) is 2.71. The second-order valence-corrected chi connectivity index (χ2v) is 11.1. The molecule has 8 nitrogen and oxygen atoms in total. The van der Waals surface area contributed by atoms with E-state index in [0.717, 1.165) is 24.2 Å². The Hall–Kier alpha value is -2.92. The van der Waals surface area contributed by atoms with Crippen LogP contribution in [0.4, 0.5) is 5.69 Å². The van der Waals surface area contributed by atoms with Crippen molar-refractivity contribution in [3.05, 3.63) is 41.2 Å². The first-order valence-corrected chi connectivity index (χ1v) is 12.8. The summed E-state index contributed by atoms with van der Waals surface area (Å²) in [6, 6.07) is 7.20. The minimum Gasteiger partial charge on any atom is -0.332 e. The average Bonchev–Trinajstić information content (AvgIpc) is 3.23. The van der Waals surface area contributed by atoms with Crippen molar-refractivity contribution in [1.82, 2.24) is 14.7 Å². The molecular formula is C27H35N5O3. The van der Waals surface area contributed by atoms with Crippen molar-refractivity contribution in [2.45, 2.75) is 76.2 Å². The first-order valence-electron chi connectivity index (χ1n) is 12.8. The van der Waals surface area contributed by atoms with Gasteiger partial charge in [0.25, 0.3) is 5.91 Å². The van der Waals surface area contributed by atoms with E-state index < -0.39 is 17.6 Å². The predicted molar refractivity (Wildman–Crippen MR) is 132 cm³/mol. The molecule has 1 aliphatic carbocycles. The monoisotopic (exact) mass is 477 g/mol. The van der Waals surface area contributed by atoms with Crippen LogP contribution in [0.2, 0.25) is 0 Å². The first-order chi connectivity index (χ1) is 16.7. The van der Waals surface area contributed by atoms with Crippen LogP contribution < -0.4 is 5.32 Å². The fourth-order valence-electron chi connectivity index (χ4n) is 6.65. The lowest BCUT2D eigenvalue weighted by Crippen LogP contribution is -2.55. The number of nitrogens with one attached hydrogen (secondary N) is 1. The zero-order chi connectivity index (χ0) is 25.1. The van der Waals surface area contributed by atoms with E-state index >= 15 is 0 Å². The Morgan fingerprint density at radius 3 is 2.71 bits per heavy atom. The number of nitrogens with zero attached hydrogens (tertiary/aromatic N) is 4. The van der Waals surface area contributed by atoms with Gasteiger partial charge in [0, 0.05) is 25.3 Å². The number of fused-ring (bicyclic) bond motifs is 3. The molecule has 1 aromatic carbocycles. The van der Waals surface area contributed by atoms with Crippen molar-refractivity contribution >= 4 is 23.4 Å². The number of anilines is 1.